The number of rotatable bonds is 9. The minimum Gasteiger partial charge on any atom is -0.508 e. The summed E-state index contributed by atoms with van der Waals surface area (Å²) in [6.45, 7) is 0.664. The van der Waals surface area contributed by atoms with Crippen LogP contribution in [0.1, 0.15) is 51.2 Å². The van der Waals surface area contributed by atoms with Gasteiger partial charge in [-0.3, -0.25) is 43.8 Å². The number of imide groups is 2. The summed E-state index contributed by atoms with van der Waals surface area (Å²) in [5, 5.41) is 25.9. The molecule has 0 bridgehead atoms. The molecular weight excluding hydrogens is 636 g/mol. The molecule has 248 valence electrons. The van der Waals surface area contributed by atoms with E-state index >= 15 is 0 Å². The summed E-state index contributed by atoms with van der Waals surface area (Å²) < 4.78 is 6.84. The molecule has 0 spiro atoms. The van der Waals surface area contributed by atoms with E-state index in [4.69, 9.17) is 4.74 Å². The van der Waals surface area contributed by atoms with Crippen LogP contribution in [0.5, 0.6) is 11.5 Å². The smallest absolute Gasteiger partial charge is 0.420 e. The number of benzene rings is 3. The highest BCUT2D eigenvalue weighted by Crippen LogP contribution is 2.34. The minimum absolute atomic E-state index is 0.00777. The number of hydrogen-bond donors (Lipinski definition) is 4. The molecular formula is C33H28N8O8. The van der Waals surface area contributed by atoms with Crippen molar-refractivity contribution in [2.75, 3.05) is 15.5 Å². The third kappa shape index (κ3) is 6.14. The topological polar surface area (TPSA) is 205 Å². The van der Waals surface area contributed by atoms with Crippen LogP contribution in [0.4, 0.5) is 21.9 Å². The maximum absolute atomic E-state index is 13.3. The molecule has 0 aliphatic carbocycles. The molecule has 1 atom stereocenters. The fraction of sp³-hybridized carbons (Fsp3) is 0.212. The van der Waals surface area contributed by atoms with Crippen LogP contribution < -0.4 is 25.6 Å². The predicted octanol–water partition coefficient (Wildman–Crippen LogP) is 2.54. The quantitative estimate of drug-likeness (QED) is 0.191. The number of nitrogens with zero attached hydrogens (tertiary/aromatic N) is 5. The molecule has 0 radical (unpaired) electrons. The van der Waals surface area contributed by atoms with E-state index in [-0.39, 0.29) is 61.7 Å². The van der Waals surface area contributed by atoms with Gasteiger partial charge in [-0.2, -0.15) is 0 Å². The van der Waals surface area contributed by atoms with Crippen LogP contribution in [-0.4, -0.2) is 66.7 Å². The van der Waals surface area contributed by atoms with E-state index < -0.39 is 35.8 Å². The Labute approximate surface area is 277 Å². The number of anilines is 3. The van der Waals surface area contributed by atoms with Crippen LogP contribution in [0.15, 0.2) is 66.9 Å². The number of carbonyl (C=O) groups excluding carboxylic acids is 6. The summed E-state index contributed by atoms with van der Waals surface area (Å²) >= 11 is 0. The fourth-order valence-corrected chi connectivity index (χ4v) is 5.89. The van der Waals surface area contributed by atoms with E-state index in [9.17, 15) is 33.9 Å². The molecule has 3 aliphatic rings. The van der Waals surface area contributed by atoms with Gasteiger partial charge in [-0.25, -0.2) is 4.79 Å². The first-order chi connectivity index (χ1) is 23.6. The van der Waals surface area contributed by atoms with Gasteiger partial charge < -0.3 is 20.5 Å². The number of phenols is 1. The number of amides is 6. The predicted molar refractivity (Wildman–Crippen MR) is 170 cm³/mol. The molecule has 6 amide bonds. The van der Waals surface area contributed by atoms with Crippen molar-refractivity contribution < 1.29 is 38.6 Å². The summed E-state index contributed by atoms with van der Waals surface area (Å²) in [5.74, 6) is -2.29. The van der Waals surface area contributed by atoms with Gasteiger partial charge in [0.25, 0.3) is 11.8 Å². The third-order valence-electron chi connectivity index (χ3n) is 8.34. The summed E-state index contributed by atoms with van der Waals surface area (Å²) in [7, 11) is 0. The van der Waals surface area contributed by atoms with Gasteiger partial charge in [0.2, 0.25) is 17.7 Å². The Bertz CT molecular complexity index is 2040. The maximum atomic E-state index is 13.3. The number of aromatic hydroxyl groups is 1. The molecule has 1 fully saturated rings. The second-order valence-electron chi connectivity index (χ2n) is 11.6. The monoisotopic (exact) mass is 664 g/mol. The molecule has 7 rings (SSSR count). The van der Waals surface area contributed by atoms with Crippen LogP contribution in [0.25, 0.3) is 0 Å². The molecule has 16 nitrogen and oxygen atoms in total. The van der Waals surface area contributed by atoms with E-state index in [2.05, 4.69) is 26.3 Å². The van der Waals surface area contributed by atoms with Gasteiger partial charge in [-0.05, 0) is 55.0 Å². The lowest BCUT2D eigenvalue weighted by Crippen LogP contribution is -2.54. The zero-order valence-corrected chi connectivity index (χ0v) is 25.7. The largest absolute Gasteiger partial charge is 0.508 e. The number of fused-ring (bicyclic) bond motifs is 2. The van der Waals surface area contributed by atoms with Gasteiger partial charge in [0.1, 0.15) is 23.2 Å². The van der Waals surface area contributed by atoms with Crippen molar-refractivity contribution in [2.24, 2.45) is 0 Å². The number of carbonyl (C=O) groups is 6. The van der Waals surface area contributed by atoms with Gasteiger partial charge in [0.15, 0.2) is 0 Å². The standard InChI is InChI=1S/C33H28N8O8/c42-22-9-4-18-16-40(33(48)49-26(18)14-22)21-7-5-19(6-8-21)35-28(44)12-13-39-17-20(37-38-39)15-34-24-3-1-2-23-29(24)32(47)41(31(23)46)25-10-11-27(43)36-30(25)45/h1-9,14,17,25,34,42H,10-13,15-16H2,(H,35,44)(H,36,43,45). The zero-order chi connectivity index (χ0) is 34.2. The highest BCUT2D eigenvalue weighted by molar-refractivity contribution is 6.25. The van der Waals surface area contributed by atoms with Crippen LogP contribution in [0, 0.1) is 0 Å². The van der Waals surface area contributed by atoms with E-state index in [1.54, 1.807) is 48.7 Å². The molecule has 1 aromatic heterocycles. The summed E-state index contributed by atoms with van der Waals surface area (Å²) in [4.78, 5) is 77.8. The first-order valence-electron chi connectivity index (χ1n) is 15.3. The average molecular weight is 665 g/mol. The van der Waals surface area contributed by atoms with Crippen molar-refractivity contribution in [3.05, 3.63) is 89.2 Å². The number of ether oxygens (including phenoxy) is 1. The first-order valence-corrected chi connectivity index (χ1v) is 15.3. The molecule has 4 N–H and O–H groups in total. The van der Waals surface area contributed by atoms with Crippen molar-refractivity contribution in [3.8, 4) is 11.5 Å². The number of nitrogens with one attached hydrogen (secondary N) is 3. The van der Waals surface area contributed by atoms with E-state index in [0.717, 1.165) is 10.5 Å². The Morgan fingerprint density at radius 3 is 2.63 bits per heavy atom. The highest BCUT2D eigenvalue weighted by Gasteiger charge is 2.45. The summed E-state index contributed by atoms with van der Waals surface area (Å²) in [6, 6.07) is 15.1. The van der Waals surface area contributed by atoms with Crippen LogP contribution in [0.2, 0.25) is 0 Å². The van der Waals surface area contributed by atoms with Crippen LogP contribution in [-0.2, 0) is 34.0 Å². The summed E-state index contributed by atoms with van der Waals surface area (Å²) in [6.07, 6.45) is 1.26. The van der Waals surface area contributed by atoms with Gasteiger partial charge in [0, 0.05) is 41.5 Å². The Hall–Kier alpha value is -6.58. The van der Waals surface area contributed by atoms with Gasteiger partial charge in [0.05, 0.1) is 37.0 Å². The van der Waals surface area contributed by atoms with Crippen molar-refractivity contribution in [3.63, 3.8) is 0 Å². The molecule has 4 aromatic rings. The van der Waals surface area contributed by atoms with Gasteiger partial charge in [-0.1, -0.05) is 11.3 Å². The maximum Gasteiger partial charge on any atom is 0.420 e. The number of aromatic nitrogens is 3. The second-order valence-corrected chi connectivity index (χ2v) is 11.6. The number of aryl methyl sites for hydroxylation is 1. The van der Waals surface area contributed by atoms with Crippen LogP contribution >= 0.6 is 0 Å². The Morgan fingerprint density at radius 1 is 1.02 bits per heavy atom. The normalized spacial score (nSPS) is 17.0. The molecule has 3 aromatic carbocycles. The SMILES string of the molecule is O=C1CCC(N2C(=O)c3cccc(NCc4cn(CCC(=O)Nc5ccc(N6Cc7ccc(O)cc7OC6=O)cc5)nn4)c3C2=O)C(=O)N1. The van der Waals surface area contributed by atoms with Crippen molar-refractivity contribution in [1.82, 2.24) is 25.2 Å². The van der Waals surface area contributed by atoms with E-state index in [1.165, 1.54) is 27.8 Å². The molecule has 0 saturated carbocycles. The number of hydrogen-bond acceptors (Lipinski definition) is 11. The lowest BCUT2D eigenvalue weighted by Gasteiger charge is -2.28. The minimum atomic E-state index is -1.06. The van der Waals surface area contributed by atoms with Crippen LogP contribution in [0.3, 0.4) is 0 Å². The van der Waals surface area contributed by atoms with Gasteiger partial charge in [-0.15, -0.1) is 5.10 Å². The molecule has 4 heterocycles. The molecule has 1 unspecified atom stereocenters. The van der Waals surface area contributed by atoms with Crippen molar-refractivity contribution in [2.45, 2.75) is 44.9 Å². The molecule has 3 aliphatic heterocycles. The second kappa shape index (κ2) is 12.6. The van der Waals surface area contributed by atoms with E-state index in [0.29, 0.717) is 28.5 Å². The highest BCUT2D eigenvalue weighted by atomic mass is 16.6. The van der Waals surface area contributed by atoms with Gasteiger partial charge >= 0.3 is 6.09 Å². The first kappa shape index (κ1) is 31.0. The lowest BCUT2D eigenvalue weighted by atomic mass is 10.0. The molecule has 16 heteroatoms. The van der Waals surface area contributed by atoms with Crippen molar-refractivity contribution in [1.29, 1.82) is 0 Å². The Morgan fingerprint density at radius 2 is 1.84 bits per heavy atom. The van der Waals surface area contributed by atoms with Crippen molar-refractivity contribution >= 4 is 52.7 Å². The van der Waals surface area contributed by atoms with E-state index in [1.807, 2.05) is 0 Å². The Kier molecular flexibility index (Phi) is 7.95. The fourth-order valence-electron chi connectivity index (χ4n) is 5.89. The number of piperidine rings is 1. The Balaban J connectivity index is 0.915. The third-order valence-corrected chi connectivity index (χ3v) is 8.34. The average Bonchev–Trinajstić information content (AvgIpc) is 3.64. The molecule has 1 saturated heterocycles. The zero-order valence-electron chi connectivity index (χ0n) is 25.7. The summed E-state index contributed by atoms with van der Waals surface area (Å²) in [5.41, 5.74) is 3.05. The molecule has 49 heavy (non-hydrogen) atoms. The lowest BCUT2D eigenvalue weighted by molar-refractivity contribution is -0.136. The number of phenolic OH excluding ortho intramolecular Hbond substituents is 1.